The summed E-state index contributed by atoms with van der Waals surface area (Å²) in [4.78, 5) is 0. The number of hydrogen-bond donors (Lipinski definition) is 3. The van der Waals surface area contributed by atoms with Gasteiger partial charge < -0.3 is 16.2 Å². The number of aliphatic hydroxyl groups is 1. The maximum Gasteiger partial charge on any atom is 0.0658 e. The Kier molecular flexibility index (Phi) is 3.58. The number of hydrogen-bond acceptors (Lipinski definition) is 3. The van der Waals surface area contributed by atoms with Gasteiger partial charge in [0.15, 0.2) is 0 Å². The van der Waals surface area contributed by atoms with Gasteiger partial charge in [-0.3, -0.25) is 0 Å². The second-order valence-corrected chi connectivity index (χ2v) is 4.29. The Balaban J connectivity index is 2.92. The number of benzene rings is 1. The predicted molar refractivity (Wildman–Crippen MR) is 65.0 cm³/mol. The first-order valence-corrected chi connectivity index (χ1v) is 5.26. The van der Waals surface area contributed by atoms with E-state index < -0.39 is 0 Å². The molecule has 0 radical (unpaired) electrons. The molecule has 0 spiro atoms. The van der Waals surface area contributed by atoms with E-state index >= 15 is 0 Å². The molecule has 1 unspecified atom stereocenters. The highest BCUT2D eigenvalue weighted by Gasteiger charge is 2.21. The minimum Gasteiger partial charge on any atom is -0.397 e. The number of nitrogens with one attached hydrogen (secondary N) is 1. The third-order valence-electron chi connectivity index (χ3n) is 2.77. The normalized spacial score (nSPS) is 14.7. The first-order chi connectivity index (χ1) is 7.00. The van der Waals surface area contributed by atoms with E-state index in [2.05, 4.69) is 5.32 Å². The van der Waals surface area contributed by atoms with Gasteiger partial charge in [-0.2, -0.15) is 0 Å². The van der Waals surface area contributed by atoms with Gasteiger partial charge in [-0.1, -0.05) is 13.0 Å². The zero-order valence-electron chi connectivity index (χ0n) is 9.67. The zero-order chi connectivity index (χ0) is 11.5. The molecule has 4 N–H and O–H groups in total. The van der Waals surface area contributed by atoms with Gasteiger partial charge in [-0.25, -0.2) is 0 Å². The van der Waals surface area contributed by atoms with Crippen molar-refractivity contribution in [1.82, 2.24) is 0 Å². The van der Waals surface area contributed by atoms with Crippen LogP contribution in [0.5, 0.6) is 0 Å². The Labute approximate surface area is 91.3 Å². The number of nitrogens with two attached hydrogens (primary N) is 1. The van der Waals surface area contributed by atoms with Crippen LogP contribution in [0.4, 0.5) is 11.4 Å². The number of nitrogen functional groups attached to an aromatic ring is 1. The number of anilines is 2. The van der Waals surface area contributed by atoms with E-state index in [1.54, 1.807) is 0 Å². The van der Waals surface area contributed by atoms with Gasteiger partial charge in [-0.15, -0.1) is 0 Å². The van der Waals surface area contributed by atoms with Crippen LogP contribution in [0.3, 0.4) is 0 Å². The van der Waals surface area contributed by atoms with Crippen LogP contribution < -0.4 is 11.1 Å². The summed E-state index contributed by atoms with van der Waals surface area (Å²) < 4.78 is 0. The molecule has 15 heavy (non-hydrogen) atoms. The van der Waals surface area contributed by atoms with Crippen LogP contribution in [0.2, 0.25) is 0 Å². The van der Waals surface area contributed by atoms with Crippen LogP contribution in [0, 0.1) is 6.92 Å². The molecule has 1 atom stereocenters. The second-order valence-electron chi connectivity index (χ2n) is 4.29. The number of rotatable bonds is 4. The summed E-state index contributed by atoms with van der Waals surface area (Å²) in [6, 6.07) is 5.85. The molecule has 84 valence electrons. The average Bonchev–Trinajstić information content (AvgIpc) is 2.23. The van der Waals surface area contributed by atoms with E-state index in [1.807, 2.05) is 39.0 Å². The van der Waals surface area contributed by atoms with Gasteiger partial charge in [-0.05, 0) is 38.0 Å². The lowest BCUT2D eigenvalue weighted by Crippen LogP contribution is -2.38. The van der Waals surface area contributed by atoms with Gasteiger partial charge in [0.2, 0.25) is 0 Å². The quantitative estimate of drug-likeness (QED) is 0.664. The molecule has 0 aromatic heterocycles. The Hall–Kier alpha value is -1.22. The molecule has 0 saturated heterocycles. The maximum atomic E-state index is 9.30. The largest absolute Gasteiger partial charge is 0.397 e. The van der Waals surface area contributed by atoms with Crippen molar-refractivity contribution in [3.8, 4) is 0 Å². The van der Waals surface area contributed by atoms with E-state index in [0.717, 1.165) is 17.7 Å². The van der Waals surface area contributed by atoms with E-state index in [1.165, 1.54) is 0 Å². The molecular formula is C12H20N2O. The summed E-state index contributed by atoms with van der Waals surface area (Å²) in [5.74, 6) is 0. The topological polar surface area (TPSA) is 58.3 Å². The molecule has 0 fully saturated rings. The molecule has 3 nitrogen and oxygen atoms in total. The third kappa shape index (κ3) is 2.86. The molecule has 0 amide bonds. The van der Waals surface area contributed by atoms with Crippen LogP contribution in [0.15, 0.2) is 18.2 Å². The van der Waals surface area contributed by atoms with E-state index in [4.69, 9.17) is 5.73 Å². The fourth-order valence-electron chi connectivity index (χ4n) is 1.34. The summed E-state index contributed by atoms with van der Waals surface area (Å²) in [6.07, 6.45) is 0.844. The van der Waals surface area contributed by atoms with Crippen LogP contribution >= 0.6 is 0 Å². The van der Waals surface area contributed by atoms with E-state index in [9.17, 15) is 5.11 Å². The van der Waals surface area contributed by atoms with E-state index in [0.29, 0.717) is 5.69 Å². The monoisotopic (exact) mass is 208 g/mol. The maximum absolute atomic E-state index is 9.30. The molecular weight excluding hydrogens is 188 g/mol. The minimum atomic E-state index is -0.304. The highest BCUT2D eigenvalue weighted by Crippen LogP contribution is 2.24. The first kappa shape index (κ1) is 11.9. The first-order valence-electron chi connectivity index (χ1n) is 5.26. The molecule has 3 heteroatoms. The molecule has 1 aromatic rings. The molecule has 0 bridgehead atoms. The molecule has 0 aliphatic heterocycles. The van der Waals surface area contributed by atoms with Crippen molar-refractivity contribution >= 4 is 11.4 Å². The Morgan fingerprint density at radius 3 is 2.67 bits per heavy atom. The molecule has 0 saturated carbocycles. The lowest BCUT2D eigenvalue weighted by Gasteiger charge is -2.29. The highest BCUT2D eigenvalue weighted by molar-refractivity contribution is 5.67. The van der Waals surface area contributed by atoms with Gasteiger partial charge in [0, 0.05) is 0 Å². The smallest absolute Gasteiger partial charge is 0.0658 e. The van der Waals surface area contributed by atoms with Crippen LogP contribution in [0.25, 0.3) is 0 Å². The van der Waals surface area contributed by atoms with Gasteiger partial charge >= 0.3 is 0 Å². The van der Waals surface area contributed by atoms with Crippen molar-refractivity contribution in [1.29, 1.82) is 0 Å². The van der Waals surface area contributed by atoms with Crippen LogP contribution in [-0.2, 0) is 0 Å². The third-order valence-corrected chi connectivity index (χ3v) is 2.77. The molecule has 1 rings (SSSR count). The van der Waals surface area contributed by atoms with Crippen molar-refractivity contribution in [2.24, 2.45) is 0 Å². The number of aliphatic hydroxyl groups excluding tert-OH is 1. The summed E-state index contributed by atoms with van der Waals surface area (Å²) in [7, 11) is 0. The average molecular weight is 208 g/mol. The standard InChI is InChI=1S/C12H20N2O/c1-4-12(3,8-15)14-11-7-9(2)5-6-10(11)13/h5-7,14-15H,4,8,13H2,1-3H3. The SMILES string of the molecule is CCC(C)(CO)Nc1cc(C)ccc1N. The fourth-order valence-corrected chi connectivity index (χ4v) is 1.34. The Morgan fingerprint density at radius 1 is 1.47 bits per heavy atom. The lowest BCUT2D eigenvalue weighted by molar-refractivity contribution is 0.219. The van der Waals surface area contributed by atoms with Crippen molar-refractivity contribution in [2.45, 2.75) is 32.7 Å². The van der Waals surface area contributed by atoms with Crippen LogP contribution in [0.1, 0.15) is 25.8 Å². The van der Waals surface area contributed by atoms with Crippen molar-refractivity contribution < 1.29 is 5.11 Å². The van der Waals surface area contributed by atoms with E-state index in [-0.39, 0.29) is 12.1 Å². The van der Waals surface area contributed by atoms with Gasteiger partial charge in [0.1, 0.15) is 0 Å². The fraction of sp³-hybridized carbons (Fsp3) is 0.500. The second kappa shape index (κ2) is 4.53. The zero-order valence-corrected chi connectivity index (χ0v) is 9.67. The molecule has 0 heterocycles. The summed E-state index contributed by atoms with van der Waals surface area (Å²) >= 11 is 0. The van der Waals surface area contributed by atoms with Crippen molar-refractivity contribution in [3.05, 3.63) is 23.8 Å². The molecule has 1 aromatic carbocycles. The summed E-state index contributed by atoms with van der Waals surface area (Å²) in [6.45, 7) is 6.13. The predicted octanol–water partition coefficient (Wildman–Crippen LogP) is 2.15. The lowest BCUT2D eigenvalue weighted by atomic mass is 9.99. The molecule has 0 aliphatic rings. The highest BCUT2D eigenvalue weighted by atomic mass is 16.3. The molecule has 0 aliphatic carbocycles. The Bertz CT molecular complexity index is 332. The van der Waals surface area contributed by atoms with Crippen LogP contribution in [-0.4, -0.2) is 17.3 Å². The summed E-state index contributed by atoms with van der Waals surface area (Å²) in [5, 5.41) is 12.6. The summed E-state index contributed by atoms with van der Waals surface area (Å²) in [5.41, 5.74) is 8.33. The number of aryl methyl sites for hydroxylation is 1. The van der Waals surface area contributed by atoms with Crippen molar-refractivity contribution in [2.75, 3.05) is 17.7 Å². The Morgan fingerprint density at radius 2 is 2.13 bits per heavy atom. The minimum absolute atomic E-state index is 0.0941. The van der Waals surface area contributed by atoms with Gasteiger partial charge in [0.05, 0.1) is 23.5 Å². The van der Waals surface area contributed by atoms with Gasteiger partial charge in [0.25, 0.3) is 0 Å². The van der Waals surface area contributed by atoms with Crippen molar-refractivity contribution in [3.63, 3.8) is 0 Å².